The van der Waals surface area contributed by atoms with Gasteiger partial charge in [-0.15, -0.1) is 0 Å². The molecule has 0 atom stereocenters. The van der Waals surface area contributed by atoms with Crippen molar-refractivity contribution < 1.29 is 9.53 Å². The van der Waals surface area contributed by atoms with Crippen LogP contribution in [0.4, 0.5) is 0 Å². The number of rotatable bonds is 3. The summed E-state index contributed by atoms with van der Waals surface area (Å²) in [7, 11) is 1.43. The zero-order valence-corrected chi connectivity index (χ0v) is 18.5. The molecule has 4 aliphatic rings. The minimum absolute atomic E-state index is 0.287. The number of hydrogen-bond donors (Lipinski definition) is 0. The number of methoxy groups -OCH3 is 1. The number of fused-ring (bicyclic) bond motifs is 1. The molecule has 0 spiro atoms. The lowest BCUT2D eigenvalue weighted by atomic mass is 9.47. The van der Waals surface area contributed by atoms with E-state index in [0.29, 0.717) is 11.0 Å². The fourth-order valence-electron chi connectivity index (χ4n) is 7.48. The highest BCUT2D eigenvalue weighted by atomic mass is 16.5. The van der Waals surface area contributed by atoms with Gasteiger partial charge in [-0.2, -0.15) is 0 Å². The highest BCUT2D eigenvalue weighted by Crippen LogP contribution is 2.61. The number of ether oxygens (including phenoxy) is 1. The molecule has 4 fully saturated rings. The Balaban J connectivity index is 1.39. The quantitative estimate of drug-likeness (QED) is 0.432. The lowest BCUT2D eigenvalue weighted by molar-refractivity contribution is -0.00544. The van der Waals surface area contributed by atoms with Gasteiger partial charge in [-0.3, -0.25) is 0 Å². The lowest BCUT2D eigenvalue weighted by Crippen LogP contribution is -2.48. The Labute approximate surface area is 184 Å². The van der Waals surface area contributed by atoms with Crippen LogP contribution in [0.3, 0.4) is 0 Å². The Bertz CT molecular complexity index is 1150. The van der Waals surface area contributed by atoms with Crippen molar-refractivity contribution in [3.05, 3.63) is 71.3 Å². The molecule has 0 amide bonds. The van der Waals surface area contributed by atoms with Crippen LogP contribution < -0.4 is 0 Å². The summed E-state index contributed by atoms with van der Waals surface area (Å²) in [5.74, 6) is 2.58. The number of carbonyl (C=O) groups is 1. The molecule has 0 heterocycles. The monoisotopic (exact) mass is 410 g/mol. The molecule has 3 aromatic carbocycles. The van der Waals surface area contributed by atoms with E-state index >= 15 is 0 Å². The van der Waals surface area contributed by atoms with E-state index in [2.05, 4.69) is 43.3 Å². The Hall–Kier alpha value is -2.61. The predicted octanol–water partition coefficient (Wildman–Crippen LogP) is 7.07. The molecule has 0 saturated heterocycles. The number of hydrogen-bond acceptors (Lipinski definition) is 2. The third kappa shape index (κ3) is 3.11. The largest absolute Gasteiger partial charge is 0.465 e. The molecule has 4 saturated carbocycles. The summed E-state index contributed by atoms with van der Waals surface area (Å²) in [4.78, 5) is 11.9. The molecule has 0 unspecified atom stereocenters. The van der Waals surface area contributed by atoms with E-state index < -0.39 is 0 Å². The molecule has 0 aromatic heterocycles. The van der Waals surface area contributed by atoms with Crippen LogP contribution in [0.1, 0.15) is 60.0 Å². The normalized spacial score (nSPS) is 28.8. The van der Waals surface area contributed by atoms with Crippen LogP contribution in [0.5, 0.6) is 0 Å². The second kappa shape index (κ2) is 6.95. The molecule has 0 aliphatic heterocycles. The molecule has 4 bridgehead atoms. The van der Waals surface area contributed by atoms with Crippen LogP contribution in [-0.4, -0.2) is 13.1 Å². The maximum absolute atomic E-state index is 11.9. The molecule has 2 heteroatoms. The smallest absolute Gasteiger partial charge is 0.337 e. The van der Waals surface area contributed by atoms with Gasteiger partial charge in [-0.25, -0.2) is 4.79 Å². The Kier molecular flexibility index (Phi) is 4.28. The van der Waals surface area contributed by atoms with Gasteiger partial charge >= 0.3 is 5.97 Å². The summed E-state index contributed by atoms with van der Waals surface area (Å²) >= 11 is 0. The highest BCUT2D eigenvalue weighted by Gasteiger charge is 2.51. The van der Waals surface area contributed by atoms with E-state index in [0.717, 1.165) is 28.5 Å². The molecular weight excluding hydrogens is 380 g/mol. The summed E-state index contributed by atoms with van der Waals surface area (Å²) < 4.78 is 4.86. The third-order valence-corrected chi connectivity index (χ3v) is 8.44. The maximum Gasteiger partial charge on any atom is 0.337 e. The van der Waals surface area contributed by atoms with Crippen molar-refractivity contribution in [3.8, 4) is 11.1 Å². The number of esters is 1. The zero-order chi connectivity index (χ0) is 21.2. The van der Waals surface area contributed by atoms with Gasteiger partial charge in [0.2, 0.25) is 0 Å². The van der Waals surface area contributed by atoms with Gasteiger partial charge in [0.15, 0.2) is 0 Å². The van der Waals surface area contributed by atoms with Gasteiger partial charge in [-0.1, -0.05) is 36.4 Å². The first-order chi connectivity index (χ1) is 15.0. The molecular formula is C29H30O2. The molecule has 31 heavy (non-hydrogen) atoms. The summed E-state index contributed by atoms with van der Waals surface area (Å²) in [5.41, 5.74) is 6.67. The molecule has 2 nitrogen and oxygen atoms in total. The average molecular weight is 411 g/mol. The number of carbonyl (C=O) groups excluding carboxylic acids is 1. The van der Waals surface area contributed by atoms with Crippen molar-refractivity contribution in [2.24, 2.45) is 17.8 Å². The molecule has 0 radical (unpaired) electrons. The van der Waals surface area contributed by atoms with Gasteiger partial charge < -0.3 is 4.74 Å². The van der Waals surface area contributed by atoms with Gasteiger partial charge in [0.05, 0.1) is 12.7 Å². The summed E-state index contributed by atoms with van der Waals surface area (Å²) in [6.07, 6.45) is 8.65. The van der Waals surface area contributed by atoms with Crippen molar-refractivity contribution in [2.45, 2.75) is 50.9 Å². The first-order valence-electron chi connectivity index (χ1n) is 11.8. The summed E-state index contributed by atoms with van der Waals surface area (Å²) in [6, 6.07) is 19.5. The second-order valence-corrected chi connectivity index (χ2v) is 10.5. The van der Waals surface area contributed by atoms with E-state index in [-0.39, 0.29) is 5.97 Å². The summed E-state index contributed by atoms with van der Waals surface area (Å²) in [6.45, 7) is 2.31. The average Bonchev–Trinajstić information content (AvgIpc) is 2.77. The van der Waals surface area contributed by atoms with Crippen LogP contribution in [0.2, 0.25) is 0 Å². The third-order valence-electron chi connectivity index (χ3n) is 8.44. The van der Waals surface area contributed by atoms with Crippen molar-refractivity contribution in [2.75, 3.05) is 7.11 Å². The molecule has 4 aliphatic carbocycles. The Morgan fingerprint density at radius 2 is 1.39 bits per heavy atom. The minimum Gasteiger partial charge on any atom is -0.465 e. The van der Waals surface area contributed by atoms with E-state index in [1.165, 1.54) is 62.3 Å². The van der Waals surface area contributed by atoms with Gasteiger partial charge in [0.1, 0.15) is 0 Å². The standard InChI is InChI=1S/C29H30O2/c1-18-3-4-25(14-27(18)29-15-19-9-20(16-29)11-21(10-19)17-29)23-5-6-24-13-26(28(30)31-2)8-7-22(24)12-23/h3-8,12-14,19-21H,9-11,15-17H2,1-2H3. The van der Waals surface area contributed by atoms with Crippen molar-refractivity contribution >= 4 is 16.7 Å². The topological polar surface area (TPSA) is 26.3 Å². The van der Waals surface area contributed by atoms with Crippen LogP contribution in [-0.2, 0) is 10.2 Å². The van der Waals surface area contributed by atoms with Gasteiger partial charge in [0.25, 0.3) is 0 Å². The number of benzene rings is 3. The molecule has 158 valence electrons. The maximum atomic E-state index is 11.9. The Morgan fingerprint density at radius 1 is 0.806 bits per heavy atom. The molecule has 0 N–H and O–H groups in total. The van der Waals surface area contributed by atoms with Crippen LogP contribution in [0.15, 0.2) is 54.6 Å². The van der Waals surface area contributed by atoms with E-state index in [1.54, 1.807) is 5.56 Å². The van der Waals surface area contributed by atoms with Crippen LogP contribution in [0.25, 0.3) is 21.9 Å². The minimum atomic E-state index is -0.287. The zero-order valence-electron chi connectivity index (χ0n) is 18.5. The molecule has 7 rings (SSSR count). The van der Waals surface area contributed by atoms with E-state index in [9.17, 15) is 4.79 Å². The highest BCUT2D eigenvalue weighted by molar-refractivity contribution is 5.96. The van der Waals surface area contributed by atoms with Crippen molar-refractivity contribution in [1.29, 1.82) is 0 Å². The van der Waals surface area contributed by atoms with E-state index in [4.69, 9.17) is 4.74 Å². The van der Waals surface area contributed by atoms with Crippen LogP contribution >= 0.6 is 0 Å². The lowest BCUT2D eigenvalue weighted by Gasteiger charge is -2.57. The first-order valence-corrected chi connectivity index (χ1v) is 11.8. The van der Waals surface area contributed by atoms with Gasteiger partial charge in [0, 0.05) is 0 Å². The second-order valence-electron chi connectivity index (χ2n) is 10.5. The fraction of sp³-hybridized carbons (Fsp3) is 0.414. The summed E-state index contributed by atoms with van der Waals surface area (Å²) in [5, 5.41) is 2.22. The Morgan fingerprint density at radius 3 is 2.06 bits per heavy atom. The SMILES string of the molecule is COC(=O)c1ccc2cc(-c3ccc(C)c(C45CC6CC(CC(C6)C4)C5)c3)ccc2c1. The van der Waals surface area contributed by atoms with Crippen molar-refractivity contribution in [3.63, 3.8) is 0 Å². The van der Waals surface area contributed by atoms with Crippen LogP contribution in [0, 0.1) is 24.7 Å². The van der Waals surface area contributed by atoms with Gasteiger partial charge in [-0.05, 0) is 120 Å². The molecule has 3 aromatic rings. The first kappa shape index (κ1) is 19.1. The van der Waals surface area contributed by atoms with E-state index in [1.807, 2.05) is 18.2 Å². The van der Waals surface area contributed by atoms with Crippen molar-refractivity contribution in [1.82, 2.24) is 0 Å². The number of aryl methyl sites for hydroxylation is 1. The fourth-order valence-corrected chi connectivity index (χ4v) is 7.48. The predicted molar refractivity (Wildman–Crippen MR) is 125 cm³/mol.